The van der Waals surface area contributed by atoms with E-state index in [9.17, 15) is 15.3 Å². The molecule has 1 aliphatic rings. The molecule has 0 saturated carbocycles. The minimum absolute atomic E-state index is 0.00848. The summed E-state index contributed by atoms with van der Waals surface area (Å²) in [4.78, 5) is 20.1. The van der Waals surface area contributed by atoms with E-state index in [2.05, 4.69) is 4.98 Å². The number of hydrogen-bond acceptors (Lipinski definition) is 8. The fourth-order valence-electron chi connectivity index (χ4n) is 3.04. The Hall–Kier alpha value is -4.03. The zero-order valence-electron chi connectivity index (χ0n) is 14.3. The van der Waals surface area contributed by atoms with E-state index in [-0.39, 0.29) is 35.0 Å². The van der Waals surface area contributed by atoms with Crippen LogP contribution in [0.1, 0.15) is 27.2 Å². The molecule has 0 unspecified atom stereocenters. The van der Waals surface area contributed by atoms with Crippen molar-refractivity contribution in [3.8, 4) is 18.2 Å². The Morgan fingerprint density at radius 3 is 2.44 bits per heavy atom. The Labute approximate surface area is 155 Å². The molecule has 3 heterocycles. The molecule has 1 amide bonds. The summed E-state index contributed by atoms with van der Waals surface area (Å²) >= 11 is 0. The molecule has 3 rings (SSSR count). The van der Waals surface area contributed by atoms with Gasteiger partial charge in [-0.1, -0.05) is 0 Å². The summed E-state index contributed by atoms with van der Waals surface area (Å²) in [7, 11) is 0. The summed E-state index contributed by atoms with van der Waals surface area (Å²) in [5.41, 5.74) is 6.40. The number of carbonyl (C=O) groups excluding carboxylic acids is 1. The van der Waals surface area contributed by atoms with Gasteiger partial charge in [-0.25, -0.2) is 4.98 Å². The fourth-order valence-corrected chi connectivity index (χ4v) is 3.04. The third-order valence-corrected chi connectivity index (χ3v) is 4.39. The van der Waals surface area contributed by atoms with E-state index in [1.165, 1.54) is 6.26 Å². The molecule has 0 radical (unpaired) electrons. The quantitative estimate of drug-likeness (QED) is 0.852. The molecule has 1 fully saturated rings. The van der Waals surface area contributed by atoms with Gasteiger partial charge in [0.25, 0.3) is 5.91 Å². The summed E-state index contributed by atoms with van der Waals surface area (Å²) in [5, 5.41) is 27.9. The van der Waals surface area contributed by atoms with Gasteiger partial charge in [-0.2, -0.15) is 15.8 Å². The first-order valence-electron chi connectivity index (χ1n) is 8.18. The number of nitrogens with two attached hydrogens (primary N) is 1. The Morgan fingerprint density at radius 1 is 1.19 bits per heavy atom. The molecular formula is C18H15N7O2. The maximum Gasteiger partial charge on any atom is 0.289 e. The Balaban J connectivity index is 1.86. The smallest absolute Gasteiger partial charge is 0.289 e. The Morgan fingerprint density at radius 2 is 1.89 bits per heavy atom. The maximum absolute atomic E-state index is 12.4. The molecule has 0 aliphatic carbocycles. The lowest BCUT2D eigenvalue weighted by Gasteiger charge is -2.35. The minimum atomic E-state index is -0.197. The summed E-state index contributed by atoms with van der Waals surface area (Å²) < 4.78 is 5.14. The number of carbonyl (C=O) groups is 1. The van der Waals surface area contributed by atoms with E-state index in [0.717, 1.165) is 0 Å². The van der Waals surface area contributed by atoms with Crippen LogP contribution in [0.5, 0.6) is 0 Å². The average Bonchev–Trinajstić information content (AvgIpc) is 3.22. The van der Waals surface area contributed by atoms with Crippen molar-refractivity contribution in [1.29, 1.82) is 15.8 Å². The second kappa shape index (κ2) is 7.47. The van der Waals surface area contributed by atoms with Crippen molar-refractivity contribution >= 4 is 17.5 Å². The highest BCUT2D eigenvalue weighted by Gasteiger charge is 2.28. The SMILES string of the molecule is N#CCc1c(C#N)c(N)nc(N2CCN(C(=O)c3ccco3)CC2)c1C#N. The molecule has 1 saturated heterocycles. The molecule has 134 valence electrons. The van der Waals surface area contributed by atoms with Gasteiger partial charge < -0.3 is 20.0 Å². The van der Waals surface area contributed by atoms with Crippen LogP contribution in [-0.4, -0.2) is 42.0 Å². The molecule has 0 atom stereocenters. The van der Waals surface area contributed by atoms with E-state index in [4.69, 9.17) is 15.4 Å². The van der Waals surface area contributed by atoms with Gasteiger partial charge in [0.05, 0.1) is 24.3 Å². The summed E-state index contributed by atoms with van der Waals surface area (Å²) in [6.45, 7) is 1.70. The fraction of sp³-hybridized carbons (Fsp3) is 0.278. The minimum Gasteiger partial charge on any atom is -0.459 e. The molecule has 2 N–H and O–H groups in total. The van der Waals surface area contributed by atoms with Gasteiger partial charge in [0.2, 0.25) is 0 Å². The summed E-state index contributed by atoms with van der Waals surface area (Å²) in [6.07, 6.45) is 1.34. The number of piperazine rings is 1. The van der Waals surface area contributed by atoms with E-state index in [0.29, 0.717) is 37.6 Å². The van der Waals surface area contributed by atoms with Crippen molar-refractivity contribution in [3.63, 3.8) is 0 Å². The van der Waals surface area contributed by atoms with Crippen molar-refractivity contribution in [2.45, 2.75) is 6.42 Å². The third kappa shape index (κ3) is 3.24. The van der Waals surface area contributed by atoms with Crippen molar-refractivity contribution in [3.05, 3.63) is 40.8 Å². The average molecular weight is 361 g/mol. The number of furan rings is 1. The van der Waals surface area contributed by atoms with Crippen LogP contribution in [0.25, 0.3) is 0 Å². The second-order valence-corrected chi connectivity index (χ2v) is 5.86. The van der Waals surface area contributed by atoms with E-state index in [1.54, 1.807) is 17.0 Å². The topological polar surface area (TPSA) is 147 Å². The normalized spacial score (nSPS) is 13.5. The number of nitrogens with zero attached hydrogens (tertiary/aromatic N) is 6. The number of pyridine rings is 1. The van der Waals surface area contributed by atoms with Crippen LogP contribution in [-0.2, 0) is 6.42 Å². The van der Waals surface area contributed by atoms with Crippen LogP contribution in [0.2, 0.25) is 0 Å². The highest BCUT2D eigenvalue weighted by molar-refractivity contribution is 5.91. The van der Waals surface area contributed by atoms with Crippen LogP contribution >= 0.6 is 0 Å². The summed E-state index contributed by atoms with van der Waals surface area (Å²) in [5.74, 6) is 0.408. The van der Waals surface area contributed by atoms with Crippen molar-refractivity contribution in [2.24, 2.45) is 0 Å². The first-order valence-corrected chi connectivity index (χ1v) is 8.18. The summed E-state index contributed by atoms with van der Waals surface area (Å²) in [6, 6.07) is 9.19. The lowest BCUT2D eigenvalue weighted by molar-refractivity contribution is 0.0714. The highest BCUT2D eigenvalue weighted by atomic mass is 16.3. The highest BCUT2D eigenvalue weighted by Crippen LogP contribution is 2.28. The van der Waals surface area contributed by atoms with Crippen molar-refractivity contribution in [1.82, 2.24) is 9.88 Å². The largest absolute Gasteiger partial charge is 0.459 e. The van der Waals surface area contributed by atoms with E-state index >= 15 is 0 Å². The van der Waals surface area contributed by atoms with Crippen LogP contribution < -0.4 is 10.6 Å². The number of hydrogen-bond donors (Lipinski definition) is 1. The molecule has 1 aliphatic heterocycles. The van der Waals surface area contributed by atoms with Crippen LogP contribution in [0.4, 0.5) is 11.6 Å². The van der Waals surface area contributed by atoms with Gasteiger partial charge >= 0.3 is 0 Å². The van der Waals surface area contributed by atoms with Gasteiger partial charge in [0, 0.05) is 31.7 Å². The van der Waals surface area contributed by atoms with Gasteiger partial charge in [-0.15, -0.1) is 0 Å². The first kappa shape index (κ1) is 17.8. The number of nitriles is 3. The van der Waals surface area contributed by atoms with Gasteiger partial charge in [0.15, 0.2) is 5.76 Å². The zero-order chi connectivity index (χ0) is 19.4. The Kier molecular flexibility index (Phi) is 4.92. The number of nitrogen functional groups attached to an aromatic ring is 1. The molecule has 0 aromatic carbocycles. The number of anilines is 2. The van der Waals surface area contributed by atoms with Crippen LogP contribution in [0, 0.1) is 34.0 Å². The molecule has 0 bridgehead atoms. The monoisotopic (exact) mass is 361 g/mol. The van der Waals surface area contributed by atoms with Gasteiger partial charge in [-0.05, 0) is 12.1 Å². The second-order valence-electron chi connectivity index (χ2n) is 5.86. The zero-order valence-corrected chi connectivity index (χ0v) is 14.3. The van der Waals surface area contributed by atoms with E-state index < -0.39 is 0 Å². The van der Waals surface area contributed by atoms with Gasteiger partial charge in [0.1, 0.15) is 29.3 Å². The molecule has 0 spiro atoms. The van der Waals surface area contributed by atoms with E-state index in [1.807, 2.05) is 23.1 Å². The predicted molar refractivity (Wildman–Crippen MR) is 94.2 cm³/mol. The molecule has 2 aromatic heterocycles. The first-order chi connectivity index (χ1) is 13.1. The molecule has 9 nitrogen and oxygen atoms in total. The maximum atomic E-state index is 12.4. The van der Waals surface area contributed by atoms with Crippen molar-refractivity contribution in [2.75, 3.05) is 36.8 Å². The number of rotatable bonds is 3. The standard InChI is InChI=1S/C18H15N7O2/c19-4-3-12-13(10-20)16(22)23-17(14(12)11-21)24-5-7-25(8-6-24)18(26)15-2-1-9-27-15/h1-2,9H,3,5-8H2,(H2,22,23). The number of amides is 1. The molecular weight excluding hydrogens is 346 g/mol. The van der Waals surface area contributed by atoms with Crippen LogP contribution in [0.15, 0.2) is 22.8 Å². The third-order valence-electron chi connectivity index (χ3n) is 4.39. The molecule has 2 aromatic rings. The molecule has 9 heteroatoms. The Bertz CT molecular complexity index is 985. The number of aromatic nitrogens is 1. The van der Waals surface area contributed by atoms with Crippen molar-refractivity contribution < 1.29 is 9.21 Å². The van der Waals surface area contributed by atoms with Crippen LogP contribution in [0.3, 0.4) is 0 Å². The lowest BCUT2D eigenvalue weighted by atomic mass is 10.0. The molecule has 27 heavy (non-hydrogen) atoms. The van der Waals surface area contributed by atoms with Gasteiger partial charge in [-0.3, -0.25) is 4.79 Å². The predicted octanol–water partition coefficient (Wildman–Crippen LogP) is 1.03. The lowest BCUT2D eigenvalue weighted by Crippen LogP contribution is -2.49.